The van der Waals surface area contributed by atoms with Crippen LogP contribution in [0.2, 0.25) is 0 Å². The zero-order chi connectivity index (χ0) is 23.5. The van der Waals surface area contributed by atoms with Crippen LogP contribution in [-0.4, -0.2) is 6.21 Å². The Hall–Kier alpha value is -3.33. The summed E-state index contributed by atoms with van der Waals surface area (Å²) < 4.78 is 0. The molecule has 0 heterocycles. The summed E-state index contributed by atoms with van der Waals surface area (Å²) in [5, 5.41) is 4.19. The minimum atomic E-state index is 0.808. The molecule has 3 aromatic rings. The number of hydrazone groups is 1. The molecule has 0 atom stereocenters. The Bertz CT molecular complexity index is 816. The highest BCUT2D eigenvalue weighted by molar-refractivity contribution is 5.84. The van der Waals surface area contributed by atoms with Crippen LogP contribution in [-0.2, 0) is 0 Å². The Kier molecular flexibility index (Phi) is 15.6. The van der Waals surface area contributed by atoms with Gasteiger partial charge in [0.25, 0.3) is 0 Å². The number of anilines is 3. The number of nitrogens with one attached hydrogen (secondary N) is 1. The molecule has 1 N–H and O–H groups in total. The molecule has 3 rings (SSSR count). The van der Waals surface area contributed by atoms with Gasteiger partial charge in [0.05, 0.1) is 6.21 Å². The topological polar surface area (TPSA) is 27.6 Å². The maximum Gasteiger partial charge on any atom is 0.0545 e. The first-order chi connectivity index (χ1) is 15.2. The number of hydrogen-bond acceptors (Lipinski definition) is 3. The van der Waals surface area contributed by atoms with Crippen LogP contribution in [0, 0.1) is 0 Å². The van der Waals surface area contributed by atoms with E-state index in [0.29, 0.717) is 0 Å². The molecule has 31 heavy (non-hydrogen) atoms. The molecular weight excluding hydrogens is 378 g/mol. The molecule has 0 spiro atoms. The number of benzene rings is 3. The molecule has 3 nitrogen and oxygen atoms in total. The fourth-order valence-corrected chi connectivity index (χ4v) is 2.56. The summed E-state index contributed by atoms with van der Waals surface area (Å²) in [6.45, 7) is 17.7. The molecule has 0 unspecified atom stereocenters. The summed E-state index contributed by atoms with van der Waals surface area (Å²) in [6, 6.07) is 29.0. The molecule has 0 bridgehead atoms. The van der Waals surface area contributed by atoms with E-state index < -0.39 is 0 Å². The number of hydrogen-bond donors (Lipinski definition) is 1. The van der Waals surface area contributed by atoms with E-state index in [2.05, 4.69) is 58.4 Å². The summed E-state index contributed by atoms with van der Waals surface area (Å²) in [5.41, 5.74) is 8.00. The zero-order valence-corrected chi connectivity index (χ0v) is 20.3. The fraction of sp³-hybridized carbons (Fsp3) is 0.250. The summed E-state index contributed by atoms with van der Waals surface area (Å²) >= 11 is 0. The second-order valence-electron chi connectivity index (χ2n) is 5.75. The molecule has 0 radical (unpaired) electrons. The van der Waals surface area contributed by atoms with Crippen molar-refractivity contribution in [2.24, 2.45) is 5.10 Å². The number of allylic oxidation sites excluding steroid dienone is 1. The first-order valence-corrected chi connectivity index (χ1v) is 11.2. The molecule has 0 aromatic heterocycles. The lowest BCUT2D eigenvalue weighted by molar-refractivity contribution is 0.899. The number of para-hydroxylation sites is 2. The fourth-order valence-electron chi connectivity index (χ4n) is 2.56. The van der Waals surface area contributed by atoms with Crippen molar-refractivity contribution in [1.82, 2.24) is 5.43 Å². The Labute approximate surface area is 190 Å². The normalized spacial score (nSPS) is 9.13. The average molecular weight is 418 g/mol. The van der Waals surface area contributed by atoms with Gasteiger partial charge in [-0.05, 0) is 48.9 Å². The van der Waals surface area contributed by atoms with E-state index in [1.54, 1.807) is 6.21 Å². The minimum absolute atomic E-state index is 0.808. The Morgan fingerprint density at radius 2 is 1.16 bits per heavy atom. The van der Waals surface area contributed by atoms with Gasteiger partial charge < -0.3 is 4.90 Å². The third-order valence-corrected chi connectivity index (χ3v) is 3.63. The second kappa shape index (κ2) is 17.5. The molecule has 0 aliphatic carbocycles. The Balaban J connectivity index is 0.00000138. The van der Waals surface area contributed by atoms with E-state index in [9.17, 15) is 0 Å². The van der Waals surface area contributed by atoms with Crippen LogP contribution in [0.3, 0.4) is 0 Å². The van der Waals surface area contributed by atoms with Crippen molar-refractivity contribution in [3.63, 3.8) is 0 Å². The summed E-state index contributed by atoms with van der Waals surface area (Å²) in [7, 11) is 0. The highest BCUT2D eigenvalue weighted by Gasteiger charge is 2.11. The van der Waals surface area contributed by atoms with Gasteiger partial charge in [-0.2, -0.15) is 5.10 Å². The molecule has 0 amide bonds. The van der Waals surface area contributed by atoms with Crippen LogP contribution in [0.4, 0.5) is 17.1 Å². The van der Waals surface area contributed by atoms with Gasteiger partial charge >= 0.3 is 0 Å². The zero-order valence-electron chi connectivity index (χ0n) is 20.3. The molecule has 166 valence electrons. The average Bonchev–Trinajstić information content (AvgIpc) is 2.85. The van der Waals surface area contributed by atoms with E-state index in [4.69, 9.17) is 0 Å². The molecule has 0 aliphatic heterocycles. The van der Waals surface area contributed by atoms with Crippen LogP contribution in [0.5, 0.6) is 0 Å². The van der Waals surface area contributed by atoms with Crippen molar-refractivity contribution in [2.75, 3.05) is 4.90 Å². The number of nitrogens with zero attached hydrogens (tertiary/aromatic N) is 2. The minimum Gasteiger partial charge on any atom is -0.310 e. The third kappa shape index (κ3) is 9.81. The van der Waals surface area contributed by atoms with E-state index in [0.717, 1.165) is 28.3 Å². The van der Waals surface area contributed by atoms with Gasteiger partial charge in [0.15, 0.2) is 0 Å². The second-order valence-corrected chi connectivity index (χ2v) is 5.75. The summed E-state index contributed by atoms with van der Waals surface area (Å²) in [4.78, 5) is 2.23. The smallest absolute Gasteiger partial charge is 0.0545 e. The van der Waals surface area contributed by atoms with Crippen LogP contribution in [0.1, 0.15) is 54.0 Å². The van der Waals surface area contributed by atoms with Gasteiger partial charge in [0.2, 0.25) is 0 Å². The maximum atomic E-state index is 4.19. The van der Waals surface area contributed by atoms with Crippen LogP contribution < -0.4 is 10.3 Å². The van der Waals surface area contributed by atoms with Crippen molar-refractivity contribution in [2.45, 2.75) is 48.5 Å². The maximum absolute atomic E-state index is 4.19. The highest BCUT2D eigenvalue weighted by atomic mass is 15.3. The monoisotopic (exact) mass is 417 g/mol. The van der Waals surface area contributed by atoms with Crippen LogP contribution in [0.25, 0.3) is 0 Å². The predicted octanol–water partition coefficient (Wildman–Crippen LogP) is 8.69. The van der Waals surface area contributed by atoms with Gasteiger partial charge in [0, 0.05) is 22.8 Å². The molecule has 0 saturated heterocycles. The quantitative estimate of drug-likeness (QED) is 0.321. The first-order valence-electron chi connectivity index (χ1n) is 11.2. The van der Waals surface area contributed by atoms with Gasteiger partial charge in [-0.3, -0.25) is 5.43 Å². The van der Waals surface area contributed by atoms with Gasteiger partial charge in [0.1, 0.15) is 0 Å². The van der Waals surface area contributed by atoms with Crippen LogP contribution >= 0.6 is 0 Å². The van der Waals surface area contributed by atoms with Gasteiger partial charge in [-0.15, -0.1) is 0 Å². The lowest BCUT2D eigenvalue weighted by atomic mass is 10.1. The Morgan fingerprint density at radius 1 is 0.710 bits per heavy atom. The highest BCUT2D eigenvalue weighted by Crippen LogP contribution is 2.34. The molecule has 0 fully saturated rings. The van der Waals surface area contributed by atoms with Gasteiger partial charge in [-0.25, -0.2) is 0 Å². The lowest BCUT2D eigenvalue weighted by Gasteiger charge is -2.25. The van der Waals surface area contributed by atoms with E-state index in [1.165, 1.54) is 0 Å². The first kappa shape index (κ1) is 27.7. The predicted molar refractivity (Wildman–Crippen MR) is 141 cm³/mol. The molecule has 0 aliphatic rings. The largest absolute Gasteiger partial charge is 0.310 e. The van der Waals surface area contributed by atoms with Gasteiger partial charge in [-0.1, -0.05) is 96.7 Å². The third-order valence-electron chi connectivity index (χ3n) is 3.63. The lowest BCUT2D eigenvalue weighted by Crippen LogP contribution is -2.10. The Morgan fingerprint density at radius 3 is 1.61 bits per heavy atom. The summed E-state index contributed by atoms with van der Waals surface area (Å²) in [5.74, 6) is 0. The van der Waals surface area contributed by atoms with Crippen molar-refractivity contribution < 1.29 is 0 Å². The van der Waals surface area contributed by atoms with E-state index in [-0.39, 0.29) is 0 Å². The van der Waals surface area contributed by atoms with Crippen molar-refractivity contribution in [1.29, 1.82) is 0 Å². The van der Waals surface area contributed by atoms with Crippen LogP contribution in [0.15, 0.2) is 102 Å². The summed E-state index contributed by atoms with van der Waals surface area (Å²) in [6.07, 6.45) is 1.80. The SMILES string of the molecule is C=C(C)N/N=C/c1cccc(N(c2ccccc2)c2ccccc2)c1.CC.CC.CC. The van der Waals surface area contributed by atoms with Crippen molar-refractivity contribution in [3.8, 4) is 0 Å². The van der Waals surface area contributed by atoms with E-state index in [1.807, 2.05) is 97.0 Å². The van der Waals surface area contributed by atoms with E-state index >= 15 is 0 Å². The molecular formula is C28H39N3. The molecule has 0 saturated carbocycles. The molecule has 3 heteroatoms. The van der Waals surface area contributed by atoms with Crippen molar-refractivity contribution in [3.05, 3.63) is 103 Å². The molecule has 3 aromatic carbocycles. The van der Waals surface area contributed by atoms with Crippen molar-refractivity contribution >= 4 is 23.3 Å². The standard InChI is InChI=1S/C22H21N3.3C2H6/c1-18(2)24-23-17-19-10-9-15-22(16-19)25(20-11-5-3-6-12-20)21-13-7-4-8-14-21;3*1-2/h3-17,24H,1H2,2H3;3*1-2H3/b23-17+;;;. The number of rotatable bonds is 6.